The second-order valence-electron chi connectivity index (χ2n) is 4.30. The van der Waals surface area contributed by atoms with Crippen LogP contribution < -0.4 is 10.1 Å². The van der Waals surface area contributed by atoms with Crippen LogP contribution in [0.5, 0.6) is 5.75 Å². The molecule has 0 fully saturated rings. The summed E-state index contributed by atoms with van der Waals surface area (Å²) >= 11 is 6.98. The lowest BCUT2D eigenvalue weighted by Crippen LogP contribution is -2.10. The molecular weight excluding hydrogens is 325 g/mol. The minimum Gasteiger partial charge on any atom is -0.496 e. The first-order valence-corrected chi connectivity index (χ1v) is 7.10. The molecule has 2 aromatic rings. The van der Waals surface area contributed by atoms with Gasteiger partial charge >= 0.3 is 6.18 Å². The molecule has 8 heteroatoms. The van der Waals surface area contributed by atoms with E-state index in [-0.39, 0.29) is 5.75 Å². The normalized spacial score (nSPS) is 11.5. The Labute approximate surface area is 128 Å². The average molecular weight is 337 g/mol. The van der Waals surface area contributed by atoms with Gasteiger partial charge in [-0.15, -0.1) is 11.3 Å². The highest BCUT2D eigenvalue weighted by Crippen LogP contribution is 2.40. The lowest BCUT2D eigenvalue weighted by molar-refractivity contribution is -0.138. The van der Waals surface area contributed by atoms with Gasteiger partial charge in [-0.1, -0.05) is 11.6 Å². The second kappa shape index (κ2) is 6.11. The van der Waals surface area contributed by atoms with Gasteiger partial charge in [0, 0.05) is 16.8 Å². The summed E-state index contributed by atoms with van der Waals surface area (Å²) in [7, 11) is 1.23. The molecule has 114 valence electrons. The summed E-state index contributed by atoms with van der Waals surface area (Å²) in [5.74, 6) is -0.158. The van der Waals surface area contributed by atoms with Crippen LogP contribution in [0.2, 0.25) is 4.47 Å². The smallest absolute Gasteiger partial charge is 0.420 e. The Morgan fingerprint density at radius 1 is 1.38 bits per heavy atom. The van der Waals surface area contributed by atoms with E-state index in [2.05, 4.69) is 10.3 Å². The number of alkyl halides is 3. The van der Waals surface area contributed by atoms with E-state index in [1.807, 2.05) is 0 Å². The van der Waals surface area contributed by atoms with Gasteiger partial charge in [-0.25, -0.2) is 4.98 Å². The first kappa shape index (κ1) is 15.9. The Bertz CT molecular complexity index is 643. The molecule has 0 spiro atoms. The fourth-order valence-electron chi connectivity index (χ4n) is 1.91. The molecule has 0 saturated carbocycles. The summed E-state index contributed by atoms with van der Waals surface area (Å²) in [4.78, 5) is 4.71. The summed E-state index contributed by atoms with van der Waals surface area (Å²) in [6.45, 7) is 1.93. The molecule has 0 radical (unpaired) electrons. The van der Waals surface area contributed by atoms with Crippen LogP contribution in [0.15, 0.2) is 18.3 Å². The number of halogens is 4. The minimum atomic E-state index is -4.47. The fourth-order valence-corrected chi connectivity index (χ4v) is 2.83. The number of aryl methyl sites for hydroxylation is 1. The molecule has 0 aliphatic carbocycles. The molecule has 1 aromatic heterocycles. The van der Waals surface area contributed by atoms with Crippen LogP contribution in [0.25, 0.3) is 0 Å². The fraction of sp³-hybridized carbons (Fsp3) is 0.308. The zero-order valence-corrected chi connectivity index (χ0v) is 12.8. The Morgan fingerprint density at radius 2 is 2.10 bits per heavy atom. The molecule has 0 atom stereocenters. The van der Waals surface area contributed by atoms with E-state index in [4.69, 9.17) is 16.3 Å². The number of ether oxygens (including phenoxy) is 1. The lowest BCUT2D eigenvalue weighted by atomic mass is 10.1. The van der Waals surface area contributed by atoms with Gasteiger partial charge < -0.3 is 10.1 Å². The topological polar surface area (TPSA) is 34.1 Å². The number of methoxy groups -OCH3 is 1. The Morgan fingerprint density at radius 3 is 2.62 bits per heavy atom. The number of anilines is 1. The van der Waals surface area contributed by atoms with Crippen LogP contribution in [0.1, 0.15) is 16.0 Å². The van der Waals surface area contributed by atoms with E-state index >= 15 is 0 Å². The van der Waals surface area contributed by atoms with Crippen molar-refractivity contribution in [2.45, 2.75) is 19.6 Å². The predicted octanol–water partition coefficient (Wildman–Crippen LogP) is 4.74. The van der Waals surface area contributed by atoms with Crippen molar-refractivity contribution in [1.29, 1.82) is 0 Å². The molecule has 21 heavy (non-hydrogen) atoms. The maximum absolute atomic E-state index is 13.0. The van der Waals surface area contributed by atoms with E-state index in [1.54, 1.807) is 19.2 Å². The molecule has 0 aliphatic rings. The van der Waals surface area contributed by atoms with E-state index < -0.39 is 11.7 Å². The molecule has 0 aliphatic heterocycles. The standard InChI is InChI=1S/C13H12ClF3N2OS/c1-7-3-8(18-5-9-6-19-12(14)21-9)4-10(11(7)20-2)13(15,16)17/h3-4,6,18H,5H2,1-2H3. The van der Waals surface area contributed by atoms with Crippen molar-refractivity contribution >= 4 is 28.6 Å². The largest absolute Gasteiger partial charge is 0.496 e. The minimum absolute atomic E-state index is 0.158. The molecule has 0 amide bonds. The summed E-state index contributed by atoms with van der Waals surface area (Å²) in [6, 6.07) is 2.64. The van der Waals surface area contributed by atoms with Gasteiger partial charge in [0.05, 0.1) is 19.2 Å². The third kappa shape index (κ3) is 3.79. The van der Waals surface area contributed by atoms with Crippen LogP contribution in [-0.2, 0) is 12.7 Å². The highest BCUT2D eigenvalue weighted by Gasteiger charge is 2.35. The highest BCUT2D eigenvalue weighted by molar-refractivity contribution is 7.15. The van der Waals surface area contributed by atoms with Gasteiger partial charge in [0.1, 0.15) is 5.75 Å². The predicted molar refractivity (Wildman–Crippen MR) is 77.2 cm³/mol. The monoisotopic (exact) mass is 336 g/mol. The zero-order chi connectivity index (χ0) is 15.6. The lowest BCUT2D eigenvalue weighted by Gasteiger charge is -2.16. The van der Waals surface area contributed by atoms with Gasteiger partial charge in [-0.2, -0.15) is 13.2 Å². The second-order valence-corrected chi connectivity index (χ2v) is 6.00. The van der Waals surface area contributed by atoms with Gasteiger partial charge in [-0.3, -0.25) is 0 Å². The average Bonchev–Trinajstić information content (AvgIpc) is 2.80. The molecule has 1 heterocycles. The summed E-state index contributed by atoms with van der Waals surface area (Å²) < 4.78 is 44.3. The molecule has 0 saturated heterocycles. The Kier molecular flexibility index (Phi) is 4.63. The Balaban J connectivity index is 2.26. The first-order chi connectivity index (χ1) is 9.81. The number of nitrogens with one attached hydrogen (secondary N) is 1. The SMILES string of the molecule is COc1c(C)cc(NCc2cnc(Cl)s2)cc1C(F)(F)F. The van der Waals surface area contributed by atoms with Crippen molar-refractivity contribution in [3.05, 3.63) is 38.8 Å². The molecule has 0 unspecified atom stereocenters. The van der Waals surface area contributed by atoms with Crippen molar-refractivity contribution in [3.63, 3.8) is 0 Å². The van der Waals surface area contributed by atoms with Gasteiger partial charge in [0.25, 0.3) is 0 Å². The van der Waals surface area contributed by atoms with Crippen LogP contribution >= 0.6 is 22.9 Å². The van der Waals surface area contributed by atoms with Crippen molar-refractivity contribution < 1.29 is 17.9 Å². The number of aromatic nitrogens is 1. The Hall–Kier alpha value is -1.47. The van der Waals surface area contributed by atoms with Crippen LogP contribution in [-0.4, -0.2) is 12.1 Å². The van der Waals surface area contributed by atoms with Crippen LogP contribution in [0.4, 0.5) is 18.9 Å². The van der Waals surface area contributed by atoms with Crippen molar-refractivity contribution in [3.8, 4) is 5.75 Å². The number of benzene rings is 1. The maximum atomic E-state index is 13.0. The number of hydrogen-bond donors (Lipinski definition) is 1. The number of rotatable bonds is 4. The summed E-state index contributed by atoms with van der Waals surface area (Å²) in [6.07, 6.45) is -2.89. The molecule has 0 bridgehead atoms. The van der Waals surface area contributed by atoms with Gasteiger partial charge in [0.2, 0.25) is 0 Å². The summed E-state index contributed by atoms with van der Waals surface area (Å²) in [5, 5.41) is 2.94. The van der Waals surface area contributed by atoms with E-state index in [1.165, 1.54) is 18.4 Å². The van der Waals surface area contributed by atoms with E-state index in [0.29, 0.717) is 22.3 Å². The molecular formula is C13H12ClF3N2OS. The van der Waals surface area contributed by atoms with Gasteiger partial charge in [0.15, 0.2) is 4.47 Å². The summed E-state index contributed by atoms with van der Waals surface area (Å²) in [5.41, 5.74) is -0.0165. The number of thiazole rings is 1. The van der Waals surface area contributed by atoms with Gasteiger partial charge in [-0.05, 0) is 24.6 Å². The quantitative estimate of drug-likeness (QED) is 0.875. The molecule has 1 aromatic carbocycles. The molecule has 2 rings (SSSR count). The highest BCUT2D eigenvalue weighted by atomic mass is 35.5. The number of hydrogen-bond acceptors (Lipinski definition) is 4. The number of nitrogens with zero attached hydrogens (tertiary/aromatic N) is 1. The van der Waals surface area contributed by atoms with Crippen LogP contribution in [0.3, 0.4) is 0 Å². The third-order valence-electron chi connectivity index (χ3n) is 2.78. The van der Waals surface area contributed by atoms with Crippen molar-refractivity contribution in [2.24, 2.45) is 0 Å². The van der Waals surface area contributed by atoms with Crippen LogP contribution in [0, 0.1) is 6.92 Å². The van der Waals surface area contributed by atoms with Crippen molar-refractivity contribution in [1.82, 2.24) is 4.98 Å². The zero-order valence-electron chi connectivity index (χ0n) is 11.2. The van der Waals surface area contributed by atoms with Crippen molar-refractivity contribution in [2.75, 3.05) is 12.4 Å². The third-order valence-corrected chi connectivity index (χ3v) is 3.89. The molecule has 3 nitrogen and oxygen atoms in total. The maximum Gasteiger partial charge on any atom is 0.420 e. The van der Waals surface area contributed by atoms with E-state index in [0.717, 1.165) is 10.9 Å². The first-order valence-electron chi connectivity index (χ1n) is 5.91. The molecule has 1 N–H and O–H groups in total. The van der Waals surface area contributed by atoms with E-state index in [9.17, 15) is 13.2 Å².